The second-order valence-corrected chi connectivity index (χ2v) is 5.01. The fourth-order valence-electron chi connectivity index (χ4n) is 2.35. The molecule has 0 aliphatic carbocycles. The van der Waals surface area contributed by atoms with Crippen molar-refractivity contribution >= 4 is 0 Å². The monoisotopic (exact) mass is 218 g/mol. The van der Waals surface area contributed by atoms with E-state index in [9.17, 15) is 0 Å². The average Bonchev–Trinajstić information content (AvgIpc) is 2.27. The molecular formula is C13H18N2O. The van der Waals surface area contributed by atoms with Crippen LogP contribution in [0.25, 0.3) is 0 Å². The van der Waals surface area contributed by atoms with Crippen LogP contribution in [0.1, 0.15) is 18.1 Å². The molecule has 3 rings (SSSR count). The van der Waals surface area contributed by atoms with Gasteiger partial charge in [0.15, 0.2) is 0 Å². The van der Waals surface area contributed by atoms with E-state index in [1.54, 1.807) is 0 Å². The highest BCUT2D eigenvalue weighted by Crippen LogP contribution is 2.25. The molecule has 16 heavy (non-hydrogen) atoms. The molecule has 0 aromatic heterocycles. The van der Waals surface area contributed by atoms with Crippen molar-refractivity contribution in [1.82, 2.24) is 10.6 Å². The van der Waals surface area contributed by atoms with E-state index in [2.05, 4.69) is 35.8 Å². The zero-order chi connectivity index (χ0) is 11.0. The third-order valence-corrected chi connectivity index (χ3v) is 3.43. The standard InChI is InChI=1S/C13H18N2O/c1-13(8-15-9-13)16-12-3-2-11-7-14-5-4-10(11)6-12/h2-3,6,14-15H,4-5,7-9H2,1H3. The van der Waals surface area contributed by atoms with Crippen molar-refractivity contribution in [3.8, 4) is 5.75 Å². The summed E-state index contributed by atoms with van der Waals surface area (Å²) in [6, 6.07) is 6.49. The van der Waals surface area contributed by atoms with Gasteiger partial charge >= 0.3 is 0 Å². The Hall–Kier alpha value is -1.06. The van der Waals surface area contributed by atoms with Crippen LogP contribution in [-0.4, -0.2) is 25.2 Å². The van der Waals surface area contributed by atoms with Gasteiger partial charge in [-0.1, -0.05) is 6.07 Å². The molecule has 3 nitrogen and oxygen atoms in total. The molecule has 0 atom stereocenters. The number of fused-ring (bicyclic) bond motifs is 1. The van der Waals surface area contributed by atoms with E-state index in [4.69, 9.17) is 4.74 Å². The molecule has 1 aromatic carbocycles. The Balaban J connectivity index is 1.80. The molecule has 0 radical (unpaired) electrons. The topological polar surface area (TPSA) is 33.3 Å². The predicted molar refractivity (Wildman–Crippen MR) is 63.8 cm³/mol. The van der Waals surface area contributed by atoms with Gasteiger partial charge in [-0.2, -0.15) is 0 Å². The zero-order valence-electron chi connectivity index (χ0n) is 9.68. The van der Waals surface area contributed by atoms with E-state index in [0.717, 1.165) is 38.3 Å². The highest BCUT2D eigenvalue weighted by molar-refractivity contribution is 5.37. The number of rotatable bonds is 2. The summed E-state index contributed by atoms with van der Waals surface area (Å²) in [5.41, 5.74) is 2.85. The number of benzene rings is 1. The first-order valence-electron chi connectivity index (χ1n) is 5.97. The van der Waals surface area contributed by atoms with E-state index in [-0.39, 0.29) is 5.60 Å². The summed E-state index contributed by atoms with van der Waals surface area (Å²) in [6.45, 7) is 6.13. The Bertz CT molecular complexity index is 399. The molecule has 0 spiro atoms. The molecule has 3 heteroatoms. The van der Waals surface area contributed by atoms with Crippen LogP contribution in [0.4, 0.5) is 0 Å². The third kappa shape index (κ3) is 1.81. The average molecular weight is 218 g/mol. The molecular weight excluding hydrogens is 200 g/mol. The smallest absolute Gasteiger partial charge is 0.131 e. The van der Waals surface area contributed by atoms with Crippen LogP contribution in [0.2, 0.25) is 0 Å². The Morgan fingerprint density at radius 2 is 2.06 bits per heavy atom. The van der Waals surface area contributed by atoms with Crippen LogP contribution in [0, 0.1) is 0 Å². The summed E-state index contributed by atoms with van der Waals surface area (Å²) in [4.78, 5) is 0. The summed E-state index contributed by atoms with van der Waals surface area (Å²) in [7, 11) is 0. The Morgan fingerprint density at radius 1 is 1.19 bits per heavy atom. The van der Waals surface area contributed by atoms with Crippen LogP contribution < -0.4 is 15.4 Å². The van der Waals surface area contributed by atoms with Crippen LogP contribution in [-0.2, 0) is 13.0 Å². The lowest BCUT2D eigenvalue weighted by atomic mass is 9.98. The minimum absolute atomic E-state index is 0.00114. The summed E-state index contributed by atoms with van der Waals surface area (Å²) < 4.78 is 6.02. The van der Waals surface area contributed by atoms with Gasteiger partial charge in [-0.15, -0.1) is 0 Å². The summed E-state index contributed by atoms with van der Waals surface area (Å²) >= 11 is 0. The fourth-order valence-corrected chi connectivity index (χ4v) is 2.35. The number of ether oxygens (including phenoxy) is 1. The predicted octanol–water partition coefficient (Wildman–Crippen LogP) is 1.07. The number of nitrogens with one attached hydrogen (secondary N) is 2. The molecule has 0 saturated carbocycles. The maximum atomic E-state index is 6.02. The van der Waals surface area contributed by atoms with Gasteiger partial charge in [-0.25, -0.2) is 0 Å². The van der Waals surface area contributed by atoms with E-state index in [1.807, 2.05) is 0 Å². The van der Waals surface area contributed by atoms with Gasteiger partial charge in [0.1, 0.15) is 11.4 Å². The fraction of sp³-hybridized carbons (Fsp3) is 0.538. The van der Waals surface area contributed by atoms with Crippen molar-refractivity contribution < 1.29 is 4.74 Å². The lowest BCUT2D eigenvalue weighted by Crippen LogP contribution is -2.61. The zero-order valence-corrected chi connectivity index (χ0v) is 9.68. The van der Waals surface area contributed by atoms with Gasteiger partial charge in [0.25, 0.3) is 0 Å². The highest BCUT2D eigenvalue weighted by Gasteiger charge is 2.33. The van der Waals surface area contributed by atoms with Crippen LogP contribution in [0.3, 0.4) is 0 Å². The molecule has 1 saturated heterocycles. The quantitative estimate of drug-likeness (QED) is 0.779. The number of hydrogen-bond acceptors (Lipinski definition) is 3. The molecule has 0 unspecified atom stereocenters. The van der Waals surface area contributed by atoms with Gasteiger partial charge in [-0.3, -0.25) is 0 Å². The van der Waals surface area contributed by atoms with Crippen molar-refractivity contribution in [3.05, 3.63) is 29.3 Å². The number of hydrogen-bond donors (Lipinski definition) is 2. The van der Waals surface area contributed by atoms with Crippen LogP contribution >= 0.6 is 0 Å². The van der Waals surface area contributed by atoms with Gasteiger partial charge in [0, 0.05) is 19.6 Å². The Kier molecular flexibility index (Phi) is 2.37. The van der Waals surface area contributed by atoms with Crippen LogP contribution in [0.5, 0.6) is 5.75 Å². The van der Waals surface area contributed by atoms with Crippen molar-refractivity contribution in [2.45, 2.75) is 25.5 Å². The first-order valence-corrected chi connectivity index (χ1v) is 5.97. The molecule has 0 amide bonds. The molecule has 1 aromatic rings. The minimum atomic E-state index is 0.00114. The molecule has 86 valence electrons. The van der Waals surface area contributed by atoms with Gasteiger partial charge in [0.2, 0.25) is 0 Å². The highest BCUT2D eigenvalue weighted by atomic mass is 16.5. The van der Waals surface area contributed by atoms with Crippen molar-refractivity contribution in [1.29, 1.82) is 0 Å². The van der Waals surface area contributed by atoms with Gasteiger partial charge in [-0.05, 0) is 43.1 Å². The van der Waals surface area contributed by atoms with E-state index in [1.165, 1.54) is 11.1 Å². The third-order valence-electron chi connectivity index (χ3n) is 3.43. The summed E-state index contributed by atoms with van der Waals surface area (Å²) in [6.07, 6.45) is 1.11. The van der Waals surface area contributed by atoms with Crippen molar-refractivity contribution in [3.63, 3.8) is 0 Å². The molecule has 0 bridgehead atoms. The first-order chi connectivity index (χ1) is 7.75. The summed E-state index contributed by atoms with van der Waals surface area (Å²) in [5.74, 6) is 1.02. The first kappa shape index (κ1) is 10.1. The lowest BCUT2D eigenvalue weighted by molar-refractivity contribution is 0.0348. The van der Waals surface area contributed by atoms with Crippen molar-refractivity contribution in [2.24, 2.45) is 0 Å². The second-order valence-electron chi connectivity index (χ2n) is 5.01. The summed E-state index contributed by atoms with van der Waals surface area (Å²) in [5, 5.41) is 6.63. The second kappa shape index (κ2) is 3.75. The maximum Gasteiger partial charge on any atom is 0.131 e. The maximum absolute atomic E-state index is 6.02. The minimum Gasteiger partial charge on any atom is -0.485 e. The lowest BCUT2D eigenvalue weighted by Gasteiger charge is -2.39. The molecule has 2 aliphatic rings. The van der Waals surface area contributed by atoms with E-state index in [0.29, 0.717) is 0 Å². The van der Waals surface area contributed by atoms with E-state index < -0.39 is 0 Å². The molecule has 2 N–H and O–H groups in total. The Morgan fingerprint density at radius 3 is 2.81 bits per heavy atom. The largest absolute Gasteiger partial charge is 0.485 e. The Labute approximate surface area is 96.2 Å². The normalized spacial score (nSPS) is 22.1. The molecule has 1 fully saturated rings. The van der Waals surface area contributed by atoms with Crippen molar-refractivity contribution in [2.75, 3.05) is 19.6 Å². The van der Waals surface area contributed by atoms with E-state index >= 15 is 0 Å². The van der Waals surface area contributed by atoms with Gasteiger partial charge < -0.3 is 15.4 Å². The van der Waals surface area contributed by atoms with Gasteiger partial charge in [0.05, 0.1) is 0 Å². The molecule has 2 heterocycles. The molecule has 2 aliphatic heterocycles. The SMILES string of the molecule is CC1(Oc2ccc3c(c2)CCNC3)CNC1. The van der Waals surface area contributed by atoms with Crippen LogP contribution in [0.15, 0.2) is 18.2 Å².